The summed E-state index contributed by atoms with van der Waals surface area (Å²) in [6, 6.07) is 0.387. The molecule has 2 saturated heterocycles. The van der Waals surface area contributed by atoms with E-state index in [0.29, 0.717) is 19.1 Å². The Morgan fingerprint density at radius 2 is 1.94 bits per heavy atom. The second-order valence-corrected chi connectivity index (χ2v) is 7.43. The third kappa shape index (κ3) is 2.65. The Kier molecular flexibility index (Phi) is 4.07. The number of rotatable bonds is 4. The van der Waals surface area contributed by atoms with E-state index in [4.69, 9.17) is 5.11 Å². The average Bonchev–Trinajstić information content (AvgIpc) is 2.97. The zero-order valence-electron chi connectivity index (χ0n) is 10.4. The van der Waals surface area contributed by atoms with Crippen LogP contribution < -0.4 is 0 Å². The highest BCUT2D eigenvalue weighted by molar-refractivity contribution is 7.89. The molecule has 0 amide bonds. The molecule has 17 heavy (non-hydrogen) atoms. The fourth-order valence-corrected chi connectivity index (χ4v) is 4.13. The molecule has 0 radical (unpaired) electrons. The van der Waals surface area contributed by atoms with E-state index >= 15 is 0 Å². The average molecular weight is 262 g/mol. The van der Waals surface area contributed by atoms with E-state index < -0.39 is 15.3 Å². The van der Waals surface area contributed by atoms with Crippen molar-refractivity contribution in [1.82, 2.24) is 9.21 Å². The van der Waals surface area contributed by atoms with E-state index in [1.54, 1.807) is 11.2 Å². The van der Waals surface area contributed by atoms with Crippen LogP contribution >= 0.6 is 0 Å². The van der Waals surface area contributed by atoms with Crippen LogP contribution in [0.25, 0.3) is 0 Å². The van der Waals surface area contributed by atoms with Crippen LogP contribution in [0, 0.1) is 0 Å². The van der Waals surface area contributed by atoms with Crippen molar-refractivity contribution in [2.24, 2.45) is 0 Å². The molecule has 6 heteroatoms. The molecule has 1 N–H and O–H groups in total. The highest BCUT2D eigenvalue weighted by atomic mass is 32.2. The third-order valence-corrected chi connectivity index (χ3v) is 6.13. The molecule has 2 atom stereocenters. The quantitative estimate of drug-likeness (QED) is 0.766. The van der Waals surface area contributed by atoms with Gasteiger partial charge in [-0.1, -0.05) is 0 Å². The maximum atomic E-state index is 12.1. The van der Waals surface area contributed by atoms with Gasteiger partial charge < -0.3 is 5.11 Å². The predicted octanol–water partition coefficient (Wildman–Crippen LogP) is -0.133. The first-order chi connectivity index (χ1) is 8.05. The Hall–Kier alpha value is -0.170. The standard InChI is InChI=1S/C11H22N2O3S/c1-10(9-14)17(15,16)13-7-4-11(8-13)12-5-2-3-6-12/h10-11,14H,2-9H2,1H3. The molecule has 0 spiro atoms. The van der Waals surface area contributed by atoms with Crippen molar-refractivity contribution >= 4 is 10.0 Å². The second-order valence-electron chi connectivity index (χ2n) is 5.08. The summed E-state index contributed by atoms with van der Waals surface area (Å²) in [5.74, 6) is 0. The molecule has 2 aliphatic heterocycles. The van der Waals surface area contributed by atoms with Gasteiger partial charge in [0.15, 0.2) is 0 Å². The molecule has 0 aromatic rings. The molecule has 0 saturated carbocycles. The van der Waals surface area contributed by atoms with Crippen molar-refractivity contribution in [1.29, 1.82) is 0 Å². The van der Waals surface area contributed by atoms with Crippen LogP contribution in [0.2, 0.25) is 0 Å². The summed E-state index contributed by atoms with van der Waals surface area (Å²) < 4.78 is 25.7. The van der Waals surface area contributed by atoms with Crippen LogP contribution in [0.1, 0.15) is 26.2 Å². The van der Waals surface area contributed by atoms with Gasteiger partial charge in [0, 0.05) is 19.1 Å². The Balaban J connectivity index is 1.97. The van der Waals surface area contributed by atoms with Gasteiger partial charge in [-0.05, 0) is 39.3 Å². The highest BCUT2D eigenvalue weighted by Crippen LogP contribution is 2.23. The molecule has 2 fully saturated rings. The Morgan fingerprint density at radius 1 is 1.29 bits per heavy atom. The molecule has 0 aromatic heterocycles. The van der Waals surface area contributed by atoms with Crippen LogP contribution in [0.5, 0.6) is 0 Å². The van der Waals surface area contributed by atoms with Crippen LogP contribution in [0.4, 0.5) is 0 Å². The number of aliphatic hydroxyl groups excluding tert-OH is 1. The van der Waals surface area contributed by atoms with Crippen molar-refractivity contribution < 1.29 is 13.5 Å². The lowest BCUT2D eigenvalue weighted by Crippen LogP contribution is -2.40. The Bertz CT molecular complexity index is 352. The first-order valence-corrected chi connectivity index (χ1v) is 7.90. The van der Waals surface area contributed by atoms with Crippen LogP contribution in [-0.2, 0) is 10.0 Å². The summed E-state index contributed by atoms with van der Waals surface area (Å²) in [6.45, 7) is 4.69. The van der Waals surface area contributed by atoms with Gasteiger partial charge in [-0.2, -0.15) is 4.31 Å². The molecule has 2 heterocycles. The highest BCUT2D eigenvalue weighted by Gasteiger charge is 2.37. The molecule has 2 unspecified atom stereocenters. The van der Waals surface area contributed by atoms with Crippen molar-refractivity contribution in [2.75, 3.05) is 32.8 Å². The van der Waals surface area contributed by atoms with Gasteiger partial charge in [0.05, 0.1) is 11.9 Å². The third-order valence-electron chi connectivity index (χ3n) is 3.91. The SMILES string of the molecule is CC(CO)S(=O)(=O)N1CCC(N2CCCC2)C1. The van der Waals surface area contributed by atoms with E-state index in [9.17, 15) is 8.42 Å². The fraction of sp³-hybridized carbons (Fsp3) is 1.00. The van der Waals surface area contributed by atoms with E-state index in [2.05, 4.69) is 4.90 Å². The van der Waals surface area contributed by atoms with Crippen LogP contribution in [0.3, 0.4) is 0 Å². The lowest BCUT2D eigenvalue weighted by molar-refractivity contribution is 0.249. The molecule has 0 aromatic carbocycles. The minimum Gasteiger partial charge on any atom is -0.395 e. The topological polar surface area (TPSA) is 60.9 Å². The number of nitrogens with zero attached hydrogens (tertiary/aromatic N) is 2. The van der Waals surface area contributed by atoms with Gasteiger partial charge in [0.1, 0.15) is 0 Å². The number of hydrogen-bond donors (Lipinski definition) is 1. The molecular formula is C11H22N2O3S. The van der Waals surface area contributed by atoms with Crippen LogP contribution in [0.15, 0.2) is 0 Å². The normalized spacial score (nSPS) is 29.9. The predicted molar refractivity (Wildman–Crippen MR) is 66.3 cm³/mol. The summed E-state index contributed by atoms with van der Waals surface area (Å²) in [5.41, 5.74) is 0. The molecule has 2 aliphatic rings. The van der Waals surface area contributed by atoms with Gasteiger partial charge in [0.2, 0.25) is 10.0 Å². The number of hydrogen-bond acceptors (Lipinski definition) is 4. The summed E-state index contributed by atoms with van der Waals surface area (Å²) in [4.78, 5) is 2.40. The lowest BCUT2D eigenvalue weighted by atomic mass is 10.2. The van der Waals surface area contributed by atoms with Crippen molar-refractivity contribution in [3.63, 3.8) is 0 Å². The minimum atomic E-state index is -3.29. The van der Waals surface area contributed by atoms with Crippen LogP contribution in [-0.4, -0.2) is 66.8 Å². The molecule has 5 nitrogen and oxygen atoms in total. The van der Waals surface area contributed by atoms with Gasteiger partial charge >= 0.3 is 0 Å². The number of likely N-dealkylation sites (tertiary alicyclic amines) is 1. The van der Waals surface area contributed by atoms with Crippen molar-refractivity contribution in [3.8, 4) is 0 Å². The maximum Gasteiger partial charge on any atom is 0.219 e. The molecule has 2 rings (SSSR count). The summed E-state index contributed by atoms with van der Waals surface area (Å²) in [6.07, 6.45) is 3.39. The largest absolute Gasteiger partial charge is 0.395 e. The van der Waals surface area contributed by atoms with Crippen molar-refractivity contribution in [2.45, 2.75) is 37.5 Å². The molecule has 0 bridgehead atoms. The summed E-state index contributed by atoms with van der Waals surface area (Å²) in [7, 11) is -3.29. The first-order valence-electron chi connectivity index (χ1n) is 6.39. The monoisotopic (exact) mass is 262 g/mol. The number of aliphatic hydroxyl groups is 1. The second kappa shape index (κ2) is 5.22. The Morgan fingerprint density at radius 3 is 2.53 bits per heavy atom. The lowest BCUT2D eigenvalue weighted by Gasteiger charge is -2.24. The smallest absolute Gasteiger partial charge is 0.219 e. The minimum absolute atomic E-state index is 0.298. The fourth-order valence-electron chi connectivity index (χ4n) is 2.70. The zero-order valence-corrected chi connectivity index (χ0v) is 11.2. The van der Waals surface area contributed by atoms with E-state index in [-0.39, 0.29) is 6.61 Å². The molecule has 0 aliphatic carbocycles. The van der Waals surface area contributed by atoms with E-state index in [1.165, 1.54) is 12.8 Å². The maximum absolute atomic E-state index is 12.1. The molecule has 100 valence electrons. The van der Waals surface area contributed by atoms with Crippen molar-refractivity contribution in [3.05, 3.63) is 0 Å². The van der Waals surface area contributed by atoms with Gasteiger partial charge in [-0.25, -0.2) is 8.42 Å². The first kappa shape index (κ1) is 13.3. The van der Waals surface area contributed by atoms with E-state index in [0.717, 1.165) is 19.5 Å². The van der Waals surface area contributed by atoms with Gasteiger partial charge in [-0.15, -0.1) is 0 Å². The Labute approximate surface area is 103 Å². The van der Waals surface area contributed by atoms with Gasteiger partial charge in [0.25, 0.3) is 0 Å². The zero-order chi connectivity index (χ0) is 12.5. The summed E-state index contributed by atoms with van der Waals surface area (Å²) >= 11 is 0. The van der Waals surface area contributed by atoms with Gasteiger partial charge in [-0.3, -0.25) is 4.90 Å². The summed E-state index contributed by atoms with van der Waals surface area (Å²) in [5, 5.41) is 8.31. The van der Waals surface area contributed by atoms with E-state index in [1.807, 2.05) is 0 Å². The number of sulfonamides is 1. The molecular weight excluding hydrogens is 240 g/mol.